The molecule has 0 aliphatic carbocycles. The van der Waals surface area contributed by atoms with Crippen LogP contribution in [0.25, 0.3) is 0 Å². The highest BCUT2D eigenvalue weighted by molar-refractivity contribution is 7.89. The Labute approximate surface area is 123 Å². The summed E-state index contributed by atoms with van der Waals surface area (Å²) >= 11 is 0. The van der Waals surface area contributed by atoms with E-state index >= 15 is 0 Å². The van der Waals surface area contributed by atoms with E-state index in [0.29, 0.717) is 6.54 Å². The summed E-state index contributed by atoms with van der Waals surface area (Å²) in [6, 6.07) is 13.4. The lowest BCUT2D eigenvalue weighted by Crippen LogP contribution is -2.12. The van der Waals surface area contributed by atoms with Crippen LogP contribution in [0.3, 0.4) is 0 Å². The highest BCUT2D eigenvalue weighted by Crippen LogP contribution is 2.40. The lowest BCUT2D eigenvalue weighted by Gasteiger charge is -2.07. The molecular weight excluding hydrogens is 288 g/mol. The molecule has 108 valence electrons. The van der Waals surface area contributed by atoms with Gasteiger partial charge < -0.3 is 0 Å². The number of sulfonamides is 1. The van der Waals surface area contributed by atoms with E-state index in [1.165, 1.54) is 28.6 Å². The molecule has 2 aromatic carbocycles. The van der Waals surface area contributed by atoms with Gasteiger partial charge in [0, 0.05) is 6.54 Å². The molecule has 5 nitrogen and oxygen atoms in total. The molecule has 0 spiro atoms. The standard InChI is InChI=1S/C15H14N2O3S/c1-11-3-2-4-12(9-11)15-10-17(15)21(19,20)14-7-5-13(16-18)6-8-14/h2-9,15H,10H2,1H3. The molecule has 2 unspecified atom stereocenters. The molecule has 1 aliphatic rings. The Kier molecular flexibility index (Phi) is 3.35. The normalized spacial score (nSPS) is 21.0. The molecule has 6 heteroatoms. The predicted molar refractivity (Wildman–Crippen MR) is 79.7 cm³/mol. The second-order valence-electron chi connectivity index (χ2n) is 5.09. The van der Waals surface area contributed by atoms with Gasteiger partial charge in [-0.15, -0.1) is 4.91 Å². The minimum Gasteiger partial charge on any atom is -0.207 e. The van der Waals surface area contributed by atoms with Crippen LogP contribution in [0, 0.1) is 11.8 Å². The van der Waals surface area contributed by atoms with Crippen molar-refractivity contribution in [2.45, 2.75) is 17.9 Å². The summed E-state index contributed by atoms with van der Waals surface area (Å²) in [4.78, 5) is 10.6. The van der Waals surface area contributed by atoms with E-state index in [-0.39, 0.29) is 16.6 Å². The maximum absolute atomic E-state index is 12.5. The zero-order valence-corrected chi connectivity index (χ0v) is 12.2. The summed E-state index contributed by atoms with van der Waals surface area (Å²) in [5.41, 5.74) is 2.33. The molecule has 1 saturated heterocycles. The van der Waals surface area contributed by atoms with Crippen molar-refractivity contribution in [2.24, 2.45) is 5.18 Å². The fourth-order valence-corrected chi connectivity index (χ4v) is 3.90. The van der Waals surface area contributed by atoms with Crippen LogP contribution in [0.4, 0.5) is 5.69 Å². The lowest BCUT2D eigenvalue weighted by atomic mass is 10.1. The van der Waals surface area contributed by atoms with Gasteiger partial charge in [0.1, 0.15) is 5.69 Å². The van der Waals surface area contributed by atoms with Gasteiger partial charge in [-0.1, -0.05) is 29.8 Å². The van der Waals surface area contributed by atoms with Crippen LogP contribution >= 0.6 is 0 Å². The van der Waals surface area contributed by atoms with E-state index in [4.69, 9.17) is 0 Å². The van der Waals surface area contributed by atoms with Crippen LogP contribution in [0.5, 0.6) is 0 Å². The minimum atomic E-state index is -3.51. The van der Waals surface area contributed by atoms with Crippen molar-refractivity contribution < 1.29 is 8.42 Å². The second-order valence-corrected chi connectivity index (χ2v) is 6.98. The van der Waals surface area contributed by atoms with E-state index in [0.717, 1.165) is 11.1 Å². The summed E-state index contributed by atoms with van der Waals surface area (Å²) in [7, 11) is -3.51. The van der Waals surface area contributed by atoms with Crippen LogP contribution in [0.15, 0.2) is 58.6 Å². The third-order valence-corrected chi connectivity index (χ3v) is 5.43. The van der Waals surface area contributed by atoms with Gasteiger partial charge >= 0.3 is 0 Å². The summed E-state index contributed by atoms with van der Waals surface area (Å²) in [5.74, 6) is 0. The molecule has 2 atom stereocenters. The van der Waals surface area contributed by atoms with Crippen molar-refractivity contribution in [3.05, 3.63) is 64.6 Å². The fourth-order valence-electron chi connectivity index (χ4n) is 2.35. The quantitative estimate of drug-likeness (QED) is 0.643. The van der Waals surface area contributed by atoms with Gasteiger partial charge in [0.2, 0.25) is 10.0 Å². The zero-order valence-electron chi connectivity index (χ0n) is 11.4. The molecule has 0 amide bonds. The summed E-state index contributed by atoms with van der Waals surface area (Å²) in [6.07, 6.45) is 0. The highest BCUT2D eigenvalue weighted by Gasteiger charge is 2.45. The van der Waals surface area contributed by atoms with Crippen molar-refractivity contribution in [3.8, 4) is 0 Å². The molecule has 1 fully saturated rings. The van der Waals surface area contributed by atoms with Crippen LogP contribution < -0.4 is 0 Å². The third kappa shape index (κ3) is 2.59. The van der Waals surface area contributed by atoms with Crippen molar-refractivity contribution in [1.29, 1.82) is 0 Å². The average Bonchev–Trinajstić information content (AvgIpc) is 3.28. The first kappa shape index (κ1) is 13.9. The number of hydrogen-bond donors (Lipinski definition) is 0. The van der Waals surface area contributed by atoms with Gasteiger partial charge in [-0.05, 0) is 41.9 Å². The van der Waals surface area contributed by atoms with E-state index in [1.54, 1.807) is 0 Å². The number of benzene rings is 2. The van der Waals surface area contributed by atoms with E-state index in [2.05, 4.69) is 5.18 Å². The van der Waals surface area contributed by atoms with E-state index < -0.39 is 10.0 Å². The average molecular weight is 302 g/mol. The maximum Gasteiger partial charge on any atom is 0.243 e. The maximum atomic E-state index is 12.5. The molecule has 2 aromatic rings. The topological polar surface area (TPSA) is 66.6 Å². The minimum absolute atomic E-state index is 0.0984. The van der Waals surface area contributed by atoms with Crippen LogP contribution in [0.1, 0.15) is 17.2 Å². The third-order valence-electron chi connectivity index (χ3n) is 3.54. The molecule has 1 aliphatic heterocycles. The first-order chi connectivity index (χ1) is 10.0. The number of nitrogens with zero attached hydrogens (tertiary/aromatic N) is 2. The lowest BCUT2D eigenvalue weighted by molar-refractivity contribution is 0.554. The Balaban J connectivity index is 1.85. The Morgan fingerprint density at radius 2 is 1.86 bits per heavy atom. The van der Waals surface area contributed by atoms with Gasteiger partial charge in [0.05, 0.1) is 10.9 Å². The first-order valence-electron chi connectivity index (χ1n) is 6.54. The smallest absolute Gasteiger partial charge is 0.207 e. The van der Waals surface area contributed by atoms with Crippen molar-refractivity contribution >= 4 is 15.7 Å². The monoisotopic (exact) mass is 302 g/mol. The van der Waals surface area contributed by atoms with Gasteiger partial charge in [0.25, 0.3) is 0 Å². The van der Waals surface area contributed by atoms with Crippen LogP contribution in [-0.2, 0) is 10.0 Å². The van der Waals surface area contributed by atoms with E-state index in [9.17, 15) is 13.3 Å². The Morgan fingerprint density at radius 1 is 1.14 bits per heavy atom. The van der Waals surface area contributed by atoms with Crippen molar-refractivity contribution in [2.75, 3.05) is 6.54 Å². The van der Waals surface area contributed by atoms with Crippen molar-refractivity contribution in [1.82, 2.24) is 4.31 Å². The Hall–Kier alpha value is -2.05. The molecule has 0 N–H and O–H groups in total. The van der Waals surface area contributed by atoms with Gasteiger partial charge in [-0.3, -0.25) is 0 Å². The number of rotatable bonds is 4. The van der Waals surface area contributed by atoms with Crippen molar-refractivity contribution in [3.63, 3.8) is 0 Å². The SMILES string of the molecule is Cc1cccc(C2CN2S(=O)(=O)c2ccc(N=O)cc2)c1. The summed E-state index contributed by atoms with van der Waals surface area (Å²) in [5, 5.41) is 2.77. The summed E-state index contributed by atoms with van der Waals surface area (Å²) in [6.45, 7) is 2.47. The largest absolute Gasteiger partial charge is 0.243 e. The molecule has 0 radical (unpaired) electrons. The molecular formula is C15H14N2O3S. The Morgan fingerprint density at radius 3 is 2.48 bits per heavy atom. The molecule has 0 aromatic heterocycles. The first-order valence-corrected chi connectivity index (χ1v) is 7.98. The molecule has 0 bridgehead atoms. The van der Waals surface area contributed by atoms with Crippen LogP contribution in [0.2, 0.25) is 0 Å². The summed E-state index contributed by atoms with van der Waals surface area (Å²) < 4.78 is 26.4. The molecule has 1 heterocycles. The Bertz CT molecular complexity index is 785. The predicted octanol–water partition coefficient (Wildman–Crippen LogP) is 3.14. The fraction of sp³-hybridized carbons (Fsp3) is 0.200. The zero-order chi connectivity index (χ0) is 15.0. The number of aryl methyl sites for hydroxylation is 1. The number of nitroso groups, excluding NO2 is 1. The van der Waals surface area contributed by atoms with Gasteiger partial charge in [-0.2, -0.15) is 4.31 Å². The molecule has 21 heavy (non-hydrogen) atoms. The number of hydrogen-bond acceptors (Lipinski definition) is 4. The van der Waals surface area contributed by atoms with Gasteiger partial charge in [0.15, 0.2) is 0 Å². The molecule has 3 rings (SSSR count). The second kappa shape index (κ2) is 5.05. The highest BCUT2D eigenvalue weighted by atomic mass is 32.2. The van der Waals surface area contributed by atoms with Gasteiger partial charge in [-0.25, -0.2) is 8.42 Å². The molecule has 0 saturated carbocycles. The van der Waals surface area contributed by atoms with E-state index in [1.807, 2.05) is 31.2 Å². The van der Waals surface area contributed by atoms with Crippen LogP contribution in [-0.4, -0.2) is 19.3 Å².